The summed E-state index contributed by atoms with van der Waals surface area (Å²) < 4.78 is 13.7. The second-order valence-electron chi connectivity index (χ2n) is 5.88. The molecule has 2 rings (SSSR count). The summed E-state index contributed by atoms with van der Waals surface area (Å²) in [6.07, 6.45) is 1.83. The van der Waals surface area contributed by atoms with E-state index in [9.17, 15) is 4.39 Å². The van der Waals surface area contributed by atoms with Crippen molar-refractivity contribution in [2.75, 3.05) is 6.54 Å². The average Bonchev–Trinajstić information content (AvgIpc) is 2.56. The van der Waals surface area contributed by atoms with Crippen molar-refractivity contribution >= 4 is 5.96 Å². The number of nitrogens with one attached hydrogen (secondary N) is 2. The van der Waals surface area contributed by atoms with E-state index in [1.54, 1.807) is 19.1 Å². The van der Waals surface area contributed by atoms with Crippen molar-refractivity contribution in [3.63, 3.8) is 0 Å². The Hall–Kier alpha value is -2.43. The summed E-state index contributed by atoms with van der Waals surface area (Å²) in [7, 11) is 0. The zero-order valence-electron chi connectivity index (χ0n) is 14.7. The summed E-state index contributed by atoms with van der Waals surface area (Å²) in [5, 5.41) is 6.53. The van der Waals surface area contributed by atoms with Crippen LogP contribution >= 0.6 is 0 Å². The van der Waals surface area contributed by atoms with Crippen LogP contribution in [0, 0.1) is 19.7 Å². The number of aliphatic imine (C=N–C) groups is 1. The summed E-state index contributed by atoms with van der Waals surface area (Å²) in [4.78, 5) is 8.86. The van der Waals surface area contributed by atoms with E-state index in [1.807, 2.05) is 45.2 Å². The van der Waals surface area contributed by atoms with Crippen LogP contribution in [0.1, 0.15) is 42.3 Å². The molecule has 0 saturated heterocycles. The van der Waals surface area contributed by atoms with E-state index in [0.29, 0.717) is 18.1 Å². The minimum absolute atomic E-state index is 0.0472. The molecular weight excluding hydrogens is 303 g/mol. The normalized spacial score (nSPS) is 12.8. The van der Waals surface area contributed by atoms with Crippen LogP contribution in [0.25, 0.3) is 0 Å². The predicted octanol–water partition coefficient (Wildman–Crippen LogP) is 3.65. The standard InChI is InChI=1S/C19H25FN4/c1-5-21-19(23-12-16-8-7-14(3)22-11-16)24-15(4)17-9-6-13(2)18(20)10-17/h6-11,15H,5,12H2,1-4H3,(H2,21,23,24). The molecule has 1 aromatic carbocycles. The lowest BCUT2D eigenvalue weighted by Gasteiger charge is -2.18. The molecule has 0 aliphatic rings. The Bertz CT molecular complexity index is 695. The first-order chi connectivity index (χ1) is 11.5. The van der Waals surface area contributed by atoms with Crippen LogP contribution in [0.3, 0.4) is 0 Å². The first-order valence-corrected chi connectivity index (χ1v) is 8.22. The van der Waals surface area contributed by atoms with Crippen molar-refractivity contribution in [2.24, 2.45) is 4.99 Å². The molecule has 1 heterocycles. The molecule has 0 aliphatic carbocycles. The van der Waals surface area contributed by atoms with E-state index in [1.165, 1.54) is 0 Å². The van der Waals surface area contributed by atoms with Gasteiger partial charge in [-0.3, -0.25) is 4.98 Å². The molecular formula is C19H25FN4. The smallest absolute Gasteiger partial charge is 0.192 e. The third kappa shape index (κ3) is 5.05. The third-order valence-electron chi connectivity index (χ3n) is 3.79. The summed E-state index contributed by atoms with van der Waals surface area (Å²) in [5.41, 5.74) is 3.58. The lowest BCUT2D eigenvalue weighted by atomic mass is 10.1. The van der Waals surface area contributed by atoms with Gasteiger partial charge in [0.2, 0.25) is 0 Å². The molecule has 1 unspecified atom stereocenters. The predicted molar refractivity (Wildman–Crippen MR) is 96.5 cm³/mol. The van der Waals surface area contributed by atoms with Gasteiger partial charge in [-0.05, 0) is 56.5 Å². The minimum Gasteiger partial charge on any atom is -0.357 e. The van der Waals surface area contributed by atoms with Crippen molar-refractivity contribution in [3.05, 3.63) is 64.7 Å². The van der Waals surface area contributed by atoms with E-state index in [4.69, 9.17) is 0 Å². The van der Waals surface area contributed by atoms with Crippen LogP contribution in [0.4, 0.5) is 4.39 Å². The number of rotatable bonds is 5. The van der Waals surface area contributed by atoms with Gasteiger partial charge in [0, 0.05) is 18.4 Å². The van der Waals surface area contributed by atoms with E-state index in [0.717, 1.165) is 23.4 Å². The molecule has 0 fully saturated rings. The Balaban J connectivity index is 2.07. The number of aryl methyl sites for hydroxylation is 2. The van der Waals surface area contributed by atoms with Crippen molar-refractivity contribution in [2.45, 2.75) is 40.3 Å². The molecule has 0 radical (unpaired) electrons. The SMILES string of the molecule is CCNC(=NCc1ccc(C)nc1)NC(C)c1ccc(C)c(F)c1. The highest BCUT2D eigenvalue weighted by Gasteiger charge is 2.09. The van der Waals surface area contributed by atoms with Crippen LogP contribution in [0.2, 0.25) is 0 Å². The number of nitrogens with zero attached hydrogens (tertiary/aromatic N) is 2. The number of aromatic nitrogens is 1. The molecule has 1 atom stereocenters. The van der Waals surface area contributed by atoms with Crippen LogP contribution in [-0.2, 0) is 6.54 Å². The average molecular weight is 328 g/mol. The van der Waals surface area contributed by atoms with Gasteiger partial charge in [-0.2, -0.15) is 0 Å². The number of benzene rings is 1. The molecule has 5 heteroatoms. The molecule has 0 saturated carbocycles. The highest BCUT2D eigenvalue weighted by atomic mass is 19.1. The fourth-order valence-corrected chi connectivity index (χ4v) is 2.25. The van der Waals surface area contributed by atoms with Crippen LogP contribution in [0.15, 0.2) is 41.5 Å². The molecule has 24 heavy (non-hydrogen) atoms. The topological polar surface area (TPSA) is 49.3 Å². The second-order valence-corrected chi connectivity index (χ2v) is 5.88. The molecule has 4 nitrogen and oxygen atoms in total. The zero-order chi connectivity index (χ0) is 17.5. The zero-order valence-corrected chi connectivity index (χ0v) is 14.7. The first-order valence-electron chi connectivity index (χ1n) is 8.22. The Morgan fingerprint density at radius 2 is 2.04 bits per heavy atom. The molecule has 0 amide bonds. The highest BCUT2D eigenvalue weighted by Crippen LogP contribution is 2.16. The Morgan fingerprint density at radius 1 is 1.25 bits per heavy atom. The number of guanidine groups is 1. The van der Waals surface area contributed by atoms with Gasteiger partial charge in [0.1, 0.15) is 5.82 Å². The second kappa shape index (κ2) is 8.43. The van der Waals surface area contributed by atoms with Crippen molar-refractivity contribution in [1.82, 2.24) is 15.6 Å². The Morgan fingerprint density at radius 3 is 2.67 bits per heavy atom. The number of hydrogen-bond acceptors (Lipinski definition) is 2. The number of pyridine rings is 1. The van der Waals surface area contributed by atoms with E-state index < -0.39 is 0 Å². The van der Waals surface area contributed by atoms with E-state index in [2.05, 4.69) is 20.6 Å². The monoisotopic (exact) mass is 328 g/mol. The number of hydrogen-bond donors (Lipinski definition) is 2. The number of halogens is 1. The molecule has 1 aromatic heterocycles. The van der Waals surface area contributed by atoms with Gasteiger partial charge in [-0.25, -0.2) is 9.38 Å². The van der Waals surface area contributed by atoms with Crippen molar-refractivity contribution < 1.29 is 4.39 Å². The van der Waals surface area contributed by atoms with E-state index in [-0.39, 0.29) is 11.9 Å². The van der Waals surface area contributed by atoms with Gasteiger partial charge in [-0.15, -0.1) is 0 Å². The highest BCUT2D eigenvalue weighted by molar-refractivity contribution is 5.80. The maximum Gasteiger partial charge on any atom is 0.192 e. The van der Waals surface area contributed by atoms with Gasteiger partial charge in [0.25, 0.3) is 0 Å². The van der Waals surface area contributed by atoms with Crippen LogP contribution < -0.4 is 10.6 Å². The van der Waals surface area contributed by atoms with E-state index >= 15 is 0 Å². The van der Waals surface area contributed by atoms with Gasteiger partial charge in [-0.1, -0.05) is 18.2 Å². The lowest BCUT2D eigenvalue weighted by Crippen LogP contribution is -2.38. The fourth-order valence-electron chi connectivity index (χ4n) is 2.25. The maximum atomic E-state index is 13.7. The fraction of sp³-hybridized carbons (Fsp3) is 0.368. The molecule has 2 N–H and O–H groups in total. The van der Waals surface area contributed by atoms with Crippen LogP contribution in [-0.4, -0.2) is 17.5 Å². The quantitative estimate of drug-likeness (QED) is 0.650. The molecule has 128 valence electrons. The maximum absolute atomic E-state index is 13.7. The summed E-state index contributed by atoms with van der Waals surface area (Å²) in [6.45, 7) is 9.02. The summed E-state index contributed by atoms with van der Waals surface area (Å²) in [5.74, 6) is 0.514. The van der Waals surface area contributed by atoms with Crippen LogP contribution in [0.5, 0.6) is 0 Å². The Kier molecular flexibility index (Phi) is 6.29. The minimum atomic E-state index is -0.186. The van der Waals surface area contributed by atoms with Gasteiger partial charge in [0.15, 0.2) is 5.96 Å². The summed E-state index contributed by atoms with van der Waals surface area (Å²) >= 11 is 0. The molecule has 0 bridgehead atoms. The van der Waals surface area contributed by atoms with Gasteiger partial charge >= 0.3 is 0 Å². The first kappa shape index (κ1) is 17.9. The largest absolute Gasteiger partial charge is 0.357 e. The van der Waals surface area contributed by atoms with Crippen molar-refractivity contribution in [1.29, 1.82) is 0 Å². The lowest BCUT2D eigenvalue weighted by molar-refractivity contribution is 0.607. The summed E-state index contributed by atoms with van der Waals surface area (Å²) in [6, 6.07) is 9.25. The van der Waals surface area contributed by atoms with Gasteiger partial charge in [0.05, 0.1) is 12.6 Å². The Labute approximate surface area is 143 Å². The van der Waals surface area contributed by atoms with Gasteiger partial charge < -0.3 is 10.6 Å². The third-order valence-corrected chi connectivity index (χ3v) is 3.79. The molecule has 0 spiro atoms. The van der Waals surface area contributed by atoms with Crippen molar-refractivity contribution in [3.8, 4) is 0 Å². The molecule has 0 aliphatic heterocycles. The molecule has 2 aromatic rings.